The normalized spacial score (nSPS) is 10.9. The molecule has 0 bridgehead atoms. The summed E-state index contributed by atoms with van der Waals surface area (Å²) in [7, 11) is 0. The van der Waals surface area contributed by atoms with Crippen molar-refractivity contribution < 1.29 is 4.74 Å². The van der Waals surface area contributed by atoms with Gasteiger partial charge in [-0.25, -0.2) is 0 Å². The number of rotatable bonds is 4. The van der Waals surface area contributed by atoms with Crippen molar-refractivity contribution in [1.29, 1.82) is 0 Å². The molecule has 0 radical (unpaired) electrons. The molecule has 2 N–H and O–H groups in total. The zero-order valence-electron chi connectivity index (χ0n) is 11.9. The van der Waals surface area contributed by atoms with E-state index in [1.807, 2.05) is 36.4 Å². The Bertz CT molecular complexity index is 817. The highest BCUT2D eigenvalue weighted by atomic mass is 35.5. The molecule has 0 atom stereocenters. The molecule has 112 valence electrons. The Kier molecular flexibility index (Phi) is 4.53. The van der Waals surface area contributed by atoms with Crippen LogP contribution in [-0.2, 0) is 13.2 Å². The van der Waals surface area contributed by atoms with Crippen LogP contribution in [0.25, 0.3) is 10.8 Å². The van der Waals surface area contributed by atoms with E-state index in [2.05, 4.69) is 12.1 Å². The monoisotopic (exact) mass is 331 g/mol. The van der Waals surface area contributed by atoms with Crippen LogP contribution in [0.1, 0.15) is 11.1 Å². The van der Waals surface area contributed by atoms with Gasteiger partial charge in [0, 0.05) is 12.1 Å². The molecule has 0 heterocycles. The van der Waals surface area contributed by atoms with Crippen LogP contribution in [-0.4, -0.2) is 0 Å². The molecule has 0 fully saturated rings. The SMILES string of the molecule is NCc1c(OCc2ccc(Cl)c(Cl)c2)ccc2ccccc12. The molecule has 3 aromatic rings. The van der Waals surface area contributed by atoms with Crippen molar-refractivity contribution in [2.24, 2.45) is 5.73 Å². The Hall–Kier alpha value is -1.74. The Morgan fingerprint density at radius 3 is 2.50 bits per heavy atom. The van der Waals surface area contributed by atoms with Crippen molar-refractivity contribution in [2.45, 2.75) is 13.2 Å². The summed E-state index contributed by atoms with van der Waals surface area (Å²) >= 11 is 11.9. The third-order valence-corrected chi connectivity index (χ3v) is 4.32. The first-order chi connectivity index (χ1) is 10.7. The Labute approximate surface area is 139 Å². The van der Waals surface area contributed by atoms with Gasteiger partial charge in [-0.1, -0.05) is 59.6 Å². The van der Waals surface area contributed by atoms with Crippen LogP contribution in [0.3, 0.4) is 0 Å². The zero-order valence-corrected chi connectivity index (χ0v) is 13.4. The highest BCUT2D eigenvalue weighted by Gasteiger charge is 2.08. The maximum atomic E-state index is 6.02. The molecule has 0 aliphatic carbocycles. The first-order valence-corrected chi connectivity index (χ1v) is 7.72. The number of hydrogen-bond acceptors (Lipinski definition) is 2. The van der Waals surface area contributed by atoms with Crippen molar-refractivity contribution >= 4 is 34.0 Å². The van der Waals surface area contributed by atoms with Crippen LogP contribution in [0, 0.1) is 0 Å². The molecular weight excluding hydrogens is 317 g/mol. The summed E-state index contributed by atoms with van der Waals surface area (Å²) in [5.41, 5.74) is 7.89. The van der Waals surface area contributed by atoms with E-state index >= 15 is 0 Å². The average Bonchev–Trinajstić information content (AvgIpc) is 2.55. The molecule has 3 rings (SSSR count). The summed E-state index contributed by atoms with van der Waals surface area (Å²) in [6, 6.07) is 17.6. The highest BCUT2D eigenvalue weighted by Crippen LogP contribution is 2.29. The van der Waals surface area contributed by atoms with E-state index in [0.717, 1.165) is 27.6 Å². The van der Waals surface area contributed by atoms with E-state index in [1.54, 1.807) is 6.07 Å². The van der Waals surface area contributed by atoms with Gasteiger partial charge in [0.1, 0.15) is 12.4 Å². The third kappa shape index (κ3) is 3.05. The summed E-state index contributed by atoms with van der Waals surface area (Å²) in [6.07, 6.45) is 0. The van der Waals surface area contributed by atoms with Crippen molar-refractivity contribution in [3.05, 3.63) is 75.8 Å². The lowest BCUT2D eigenvalue weighted by Crippen LogP contribution is -2.03. The minimum Gasteiger partial charge on any atom is -0.489 e. The average molecular weight is 332 g/mol. The van der Waals surface area contributed by atoms with Gasteiger partial charge in [-0.2, -0.15) is 0 Å². The number of benzene rings is 3. The largest absolute Gasteiger partial charge is 0.489 e. The Morgan fingerprint density at radius 2 is 1.73 bits per heavy atom. The second kappa shape index (κ2) is 6.57. The van der Waals surface area contributed by atoms with Gasteiger partial charge in [0.2, 0.25) is 0 Å². The molecule has 0 saturated heterocycles. The molecule has 0 aliphatic rings. The van der Waals surface area contributed by atoms with Crippen LogP contribution in [0.15, 0.2) is 54.6 Å². The quantitative estimate of drug-likeness (QED) is 0.714. The van der Waals surface area contributed by atoms with E-state index < -0.39 is 0 Å². The van der Waals surface area contributed by atoms with Gasteiger partial charge >= 0.3 is 0 Å². The number of nitrogens with two attached hydrogens (primary N) is 1. The van der Waals surface area contributed by atoms with Crippen molar-refractivity contribution in [2.75, 3.05) is 0 Å². The van der Waals surface area contributed by atoms with E-state index in [0.29, 0.717) is 23.2 Å². The topological polar surface area (TPSA) is 35.2 Å². The van der Waals surface area contributed by atoms with Gasteiger partial charge in [0.15, 0.2) is 0 Å². The summed E-state index contributed by atoms with van der Waals surface area (Å²) in [5.74, 6) is 0.798. The van der Waals surface area contributed by atoms with Crippen LogP contribution in [0.4, 0.5) is 0 Å². The lowest BCUT2D eigenvalue weighted by Gasteiger charge is -2.13. The Balaban J connectivity index is 1.88. The molecule has 0 aliphatic heterocycles. The van der Waals surface area contributed by atoms with E-state index in [1.165, 1.54) is 0 Å². The fourth-order valence-electron chi connectivity index (χ4n) is 2.45. The maximum absolute atomic E-state index is 6.02. The molecule has 0 aromatic heterocycles. The molecule has 0 amide bonds. The standard InChI is InChI=1S/C18H15Cl2NO/c19-16-7-5-12(9-17(16)20)11-22-18-8-6-13-3-1-2-4-14(13)15(18)10-21/h1-9H,10-11,21H2. The summed E-state index contributed by atoms with van der Waals surface area (Å²) in [6.45, 7) is 0.848. The fraction of sp³-hybridized carbons (Fsp3) is 0.111. The van der Waals surface area contributed by atoms with E-state index in [9.17, 15) is 0 Å². The predicted octanol–water partition coefficient (Wildman–Crippen LogP) is 5.18. The van der Waals surface area contributed by atoms with Crippen LogP contribution in [0.5, 0.6) is 5.75 Å². The second-order valence-corrected chi connectivity index (χ2v) is 5.82. The Morgan fingerprint density at radius 1 is 0.909 bits per heavy atom. The van der Waals surface area contributed by atoms with Gasteiger partial charge in [-0.15, -0.1) is 0 Å². The van der Waals surface area contributed by atoms with Gasteiger partial charge in [0.05, 0.1) is 10.0 Å². The number of hydrogen-bond donors (Lipinski definition) is 1. The molecule has 3 aromatic carbocycles. The number of ether oxygens (including phenoxy) is 1. The van der Waals surface area contributed by atoms with Gasteiger partial charge in [-0.05, 0) is 34.5 Å². The highest BCUT2D eigenvalue weighted by molar-refractivity contribution is 6.42. The molecule has 4 heteroatoms. The van der Waals surface area contributed by atoms with Crippen molar-refractivity contribution in [1.82, 2.24) is 0 Å². The second-order valence-electron chi connectivity index (χ2n) is 5.00. The zero-order chi connectivity index (χ0) is 15.5. The third-order valence-electron chi connectivity index (χ3n) is 3.58. The predicted molar refractivity (Wildman–Crippen MR) is 92.6 cm³/mol. The van der Waals surface area contributed by atoms with E-state index in [-0.39, 0.29) is 0 Å². The lowest BCUT2D eigenvalue weighted by atomic mass is 10.0. The van der Waals surface area contributed by atoms with Gasteiger partial charge in [-0.3, -0.25) is 0 Å². The smallest absolute Gasteiger partial charge is 0.124 e. The number of halogens is 2. The van der Waals surface area contributed by atoms with Gasteiger partial charge in [0.25, 0.3) is 0 Å². The van der Waals surface area contributed by atoms with Crippen molar-refractivity contribution in [3.63, 3.8) is 0 Å². The summed E-state index contributed by atoms with van der Waals surface area (Å²) in [5, 5.41) is 3.35. The minimum atomic E-state index is 0.419. The summed E-state index contributed by atoms with van der Waals surface area (Å²) < 4.78 is 5.94. The first-order valence-electron chi connectivity index (χ1n) is 6.96. The van der Waals surface area contributed by atoms with Crippen molar-refractivity contribution in [3.8, 4) is 5.75 Å². The van der Waals surface area contributed by atoms with E-state index in [4.69, 9.17) is 33.7 Å². The molecule has 22 heavy (non-hydrogen) atoms. The maximum Gasteiger partial charge on any atom is 0.124 e. The molecule has 0 spiro atoms. The van der Waals surface area contributed by atoms with Crippen LogP contribution >= 0.6 is 23.2 Å². The number of fused-ring (bicyclic) bond motifs is 1. The first kappa shape index (κ1) is 15.2. The molecule has 2 nitrogen and oxygen atoms in total. The van der Waals surface area contributed by atoms with Gasteiger partial charge < -0.3 is 10.5 Å². The fourth-order valence-corrected chi connectivity index (χ4v) is 2.77. The summed E-state index contributed by atoms with van der Waals surface area (Å²) in [4.78, 5) is 0. The van der Waals surface area contributed by atoms with Crippen LogP contribution in [0.2, 0.25) is 10.0 Å². The minimum absolute atomic E-state index is 0.419. The van der Waals surface area contributed by atoms with Crippen LogP contribution < -0.4 is 10.5 Å². The molecular formula is C18H15Cl2NO. The lowest BCUT2D eigenvalue weighted by molar-refractivity contribution is 0.303. The molecule has 0 unspecified atom stereocenters. The molecule has 0 saturated carbocycles.